The molecule has 0 spiro atoms. The summed E-state index contributed by atoms with van der Waals surface area (Å²) in [6.45, 7) is 2.05. The number of aryl methyl sites for hydroxylation is 1. The first-order chi connectivity index (χ1) is 12.1. The van der Waals surface area contributed by atoms with Crippen LogP contribution in [0.1, 0.15) is 24.8 Å². The third-order valence-corrected chi connectivity index (χ3v) is 4.84. The molecule has 0 bridgehead atoms. The Labute approximate surface area is 146 Å². The molecule has 4 rings (SSSR count). The van der Waals surface area contributed by atoms with Crippen molar-refractivity contribution in [2.24, 2.45) is 5.92 Å². The van der Waals surface area contributed by atoms with E-state index in [0.717, 1.165) is 36.2 Å². The van der Waals surface area contributed by atoms with Crippen LogP contribution < -0.4 is 10.1 Å². The van der Waals surface area contributed by atoms with Gasteiger partial charge in [-0.15, -0.1) is 0 Å². The summed E-state index contributed by atoms with van der Waals surface area (Å²) < 4.78 is 7.40. The highest BCUT2D eigenvalue weighted by Crippen LogP contribution is 2.33. The summed E-state index contributed by atoms with van der Waals surface area (Å²) >= 11 is 0. The molecule has 1 aromatic carbocycles. The lowest BCUT2D eigenvalue weighted by Crippen LogP contribution is -2.28. The highest BCUT2D eigenvalue weighted by molar-refractivity contribution is 5.95. The minimum atomic E-state index is 0.0762. The third kappa shape index (κ3) is 2.97. The lowest BCUT2D eigenvalue weighted by molar-refractivity contribution is -0.122. The van der Waals surface area contributed by atoms with Crippen molar-refractivity contribution in [1.82, 2.24) is 9.38 Å². The van der Waals surface area contributed by atoms with Crippen LogP contribution in [0.5, 0.6) is 5.75 Å². The second kappa shape index (κ2) is 6.24. The number of hydrogen-bond donors (Lipinski definition) is 1. The number of hydrogen-bond acceptors (Lipinski definition) is 3. The van der Waals surface area contributed by atoms with Crippen molar-refractivity contribution < 1.29 is 9.53 Å². The molecular formula is C20H21N3O2. The van der Waals surface area contributed by atoms with E-state index >= 15 is 0 Å². The molecule has 1 saturated carbocycles. The highest BCUT2D eigenvalue weighted by Gasteiger charge is 2.26. The molecule has 1 fully saturated rings. The van der Waals surface area contributed by atoms with Gasteiger partial charge in [-0.05, 0) is 55.7 Å². The fourth-order valence-corrected chi connectivity index (χ4v) is 3.09. The van der Waals surface area contributed by atoms with Gasteiger partial charge in [0.15, 0.2) is 0 Å². The molecule has 25 heavy (non-hydrogen) atoms. The Kier molecular flexibility index (Phi) is 3.92. The highest BCUT2D eigenvalue weighted by atomic mass is 16.5. The van der Waals surface area contributed by atoms with Gasteiger partial charge in [0.1, 0.15) is 11.4 Å². The van der Waals surface area contributed by atoms with Gasteiger partial charge >= 0.3 is 0 Å². The van der Waals surface area contributed by atoms with Crippen molar-refractivity contribution >= 4 is 17.2 Å². The van der Waals surface area contributed by atoms with Gasteiger partial charge in [0.25, 0.3) is 0 Å². The first-order valence-corrected chi connectivity index (χ1v) is 8.58. The van der Waals surface area contributed by atoms with Gasteiger partial charge < -0.3 is 14.5 Å². The summed E-state index contributed by atoms with van der Waals surface area (Å²) in [7, 11) is 1.61. The number of amides is 1. The van der Waals surface area contributed by atoms with Crippen LogP contribution in [0.2, 0.25) is 0 Å². The van der Waals surface area contributed by atoms with E-state index in [-0.39, 0.29) is 11.8 Å². The van der Waals surface area contributed by atoms with Gasteiger partial charge in [-0.2, -0.15) is 0 Å². The molecule has 0 aliphatic heterocycles. The second-order valence-electron chi connectivity index (χ2n) is 6.63. The average Bonchev–Trinajstić information content (AvgIpc) is 2.96. The van der Waals surface area contributed by atoms with E-state index < -0.39 is 0 Å². The lowest BCUT2D eigenvalue weighted by Gasteiger charge is -2.24. The van der Waals surface area contributed by atoms with Crippen LogP contribution in [-0.4, -0.2) is 22.4 Å². The number of nitrogens with zero attached hydrogens (tertiary/aromatic N) is 2. The van der Waals surface area contributed by atoms with E-state index in [1.807, 2.05) is 41.1 Å². The summed E-state index contributed by atoms with van der Waals surface area (Å²) in [5, 5.41) is 3.02. The summed E-state index contributed by atoms with van der Waals surface area (Å²) in [5.41, 5.74) is 4.60. The zero-order valence-corrected chi connectivity index (χ0v) is 14.5. The minimum Gasteiger partial charge on any atom is -0.495 e. The molecular weight excluding hydrogens is 314 g/mol. The van der Waals surface area contributed by atoms with Crippen molar-refractivity contribution in [3.8, 4) is 17.0 Å². The van der Waals surface area contributed by atoms with Crippen molar-refractivity contribution in [3.63, 3.8) is 0 Å². The van der Waals surface area contributed by atoms with Crippen molar-refractivity contribution in [1.29, 1.82) is 0 Å². The van der Waals surface area contributed by atoms with E-state index in [4.69, 9.17) is 9.72 Å². The van der Waals surface area contributed by atoms with Crippen LogP contribution in [0.3, 0.4) is 0 Å². The summed E-state index contributed by atoms with van der Waals surface area (Å²) in [6, 6.07) is 9.88. The normalized spacial score (nSPS) is 14.3. The maximum atomic E-state index is 12.3. The van der Waals surface area contributed by atoms with Gasteiger partial charge in [-0.1, -0.05) is 6.42 Å². The Bertz CT molecular complexity index is 941. The minimum absolute atomic E-state index is 0.0762. The monoisotopic (exact) mass is 335 g/mol. The lowest BCUT2D eigenvalue weighted by atomic mass is 9.85. The summed E-state index contributed by atoms with van der Waals surface area (Å²) in [4.78, 5) is 17.0. The zero-order chi connectivity index (χ0) is 17.4. The third-order valence-electron chi connectivity index (χ3n) is 4.84. The summed E-state index contributed by atoms with van der Waals surface area (Å²) in [6.07, 6.45) is 7.08. The van der Waals surface area contributed by atoms with Crippen LogP contribution in [0, 0.1) is 12.8 Å². The van der Waals surface area contributed by atoms with Crippen molar-refractivity contribution in [2.75, 3.05) is 12.4 Å². The smallest absolute Gasteiger partial charge is 0.227 e. The molecule has 1 amide bonds. The number of imidazole rings is 1. The Morgan fingerprint density at radius 3 is 2.84 bits per heavy atom. The molecule has 2 heterocycles. The number of ether oxygens (including phenoxy) is 1. The number of fused-ring (bicyclic) bond motifs is 1. The van der Waals surface area contributed by atoms with Gasteiger partial charge in [-0.25, -0.2) is 4.98 Å². The molecule has 0 unspecified atom stereocenters. The van der Waals surface area contributed by atoms with Crippen LogP contribution >= 0.6 is 0 Å². The molecule has 2 aromatic heterocycles. The quantitative estimate of drug-likeness (QED) is 0.782. The number of carbonyl (C=O) groups is 1. The molecule has 1 aliphatic carbocycles. The van der Waals surface area contributed by atoms with Crippen molar-refractivity contribution in [2.45, 2.75) is 26.2 Å². The Morgan fingerprint density at radius 2 is 2.12 bits per heavy atom. The van der Waals surface area contributed by atoms with E-state index in [2.05, 4.69) is 18.3 Å². The van der Waals surface area contributed by atoms with Gasteiger partial charge in [-0.3, -0.25) is 4.79 Å². The predicted octanol–water partition coefficient (Wildman–Crippen LogP) is 4.06. The number of carbonyl (C=O) groups excluding carboxylic acids is 1. The number of rotatable bonds is 4. The van der Waals surface area contributed by atoms with Gasteiger partial charge in [0.05, 0.1) is 18.5 Å². The SMILES string of the molecule is COc1ccc(-c2cn3ccc(C)cc3n2)cc1NC(=O)C1CCC1. The number of anilines is 1. The topological polar surface area (TPSA) is 55.6 Å². The van der Waals surface area contributed by atoms with E-state index in [0.29, 0.717) is 11.4 Å². The number of aromatic nitrogens is 2. The number of nitrogens with one attached hydrogen (secondary N) is 1. The predicted molar refractivity (Wildman–Crippen MR) is 97.9 cm³/mol. The zero-order valence-electron chi connectivity index (χ0n) is 14.5. The first-order valence-electron chi connectivity index (χ1n) is 8.58. The van der Waals surface area contributed by atoms with Crippen LogP contribution in [0.15, 0.2) is 42.7 Å². The van der Waals surface area contributed by atoms with Crippen LogP contribution in [-0.2, 0) is 4.79 Å². The molecule has 1 N–H and O–H groups in total. The molecule has 1 aliphatic rings. The fraction of sp³-hybridized carbons (Fsp3) is 0.300. The largest absolute Gasteiger partial charge is 0.495 e. The Hall–Kier alpha value is -2.82. The summed E-state index contributed by atoms with van der Waals surface area (Å²) in [5.74, 6) is 0.870. The molecule has 5 heteroatoms. The Morgan fingerprint density at radius 1 is 1.28 bits per heavy atom. The van der Waals surface area contributed by atoms with Gasteiger partial charge in [0.2, 0.25) is 5.91 Å². The maximum absolute atomic E-state index is 12.3. The molecule has 5 nitrogen and oxygen atoms in total. The molecule has 0 saturated heterocycles. The molecule has 0 radical (unpaired) electrons. The van der Waals surface area contributed by atoms with E-state index in [1.165, 1.54) is 5.56 Å². The fourth-order valence-electron chi connectivity index (χ4n) is 3.09. The van der Waals surface area contributed by atoms with Crippen LogP contribution in [0.4, 0.5) is 5.69 Å². The van der Waals surface area contributed by atoms with Crippen molar-refractivity contribution in [3.05, 3.63) is 48.3 Å². The number of pyridine rings is 1. The maximum Gasteiger partial charge on any atom is 0.227 e. The number of methoxy groups -OCH3 is 1. The second-order valence-corrected chi connectivity index (χ2v) is 6.63. The first kappa shape index (κ1) is 15.7. The molecule has 128 valence electrons. The molecule has 0 atom stereocenters. The molecule has 3 aromatic rings. The standard InChI is InChI=1S/C20H21N3O2/c1-13-8-9-23-12-17(21-19(23)10-13)15-6-7-18(25-2)16(11-15)22-20(24)14-4-3-5-14/h6-12,14H,3-5H2,1-2H3,(H,22,24). The van der Waals surface area contributed by atoms with E-state index in [1.54, 1.807) is 7.11 Å². The average molecular weight is 335 g/mol. The Balaban J connectivity index is 1.68. The van der Waals surface area contributed by atoms with Crippen LogP contribution in [0.25, 0.3) is 16.9 Å². The van der Waals surface area contributed by atoms with Gasteiger partial charge in [0, 0.05) is 23.9 Å². The van der Waals surface area contributed by atoms with E-state index in [9.17, 15) is 4.79 Å². The number of benzene rings is 1.